The van der Waals surface area contributed by atoms with Crippen molar-refractivity contribution in [3.05, 3.63) is 95.8 Å². The van der Waals surface area contributed by atoms with E-state index in [2.05, 4.69) is 42.2 Å². The van der Waals surface area contributed by atoms with Crippen molar-refractivity contribution in [3.63, 3.8) is 0 Å². The number of thioether (sulfide) groups is 1. The molecule has 2 aliphatic rings. The summed E-state index contributed by atoms with van der Waals surface area (Å²) in [5.74, 6) is -2.22. The minimum absolute atomic E-state index is 0.0766. The highest BCUT2D eigenvalue weighted by molar-refractivity contribution is 9.10. The Morgan fingerprint density at radius 3 is 2.41 bits per heavy atom. The molecule has 2 aliphatic heterocycles. The number of imide groups is 1. The first kappa shape index (κ1) is 27.8. The van der Waals surface area contributed by atoms with Gasteiger partial charge in [0.1, 0.15) is 16.7 Å². The summed E-state index contributed by atoms with van der Waals surface area (Å²) in [6, 6.07) is 18.2. The van der Waals surface area contributed by atoms with Gasteiger partial charge in [-0.2, -0.15) is 0 Å². The summed E-state index contributed by atoms with van der Waals surface area (Å²) in [7, 11) is 0. The van der Waals surface area contributed by atoms with E-state index < -0.39 is 23.0 Å². The molecule has 0 aliphatic carbocycles. The van der Waals surface area contributed by atoms with Gasteiger partial charge < -0.3 is 20.1 Å². The molecule has 4 aromatic rings. The SMILES string of the molecule is O=C(COc1ccc(Br)cc1C1c2sc(=O)[nH]c2SC2C(=O)N(c3ccc(Br)cc3)C(=O)C21)Nc1ccc(O)cc1. The second kappa shape index (κ2) is 11.1. The summed E-state index contributed by atoms with van der Waals surface area (Å²) in [6.07, 6.45) is 0. The van der Waals surface area contributed by atoms with Crippen LogP contribution in [0.3, 0.4) is 0 Å². The Balaban J connectivity index is 1.36. The number of carbonyl (C=O) groups excluding carboxylic acids is 3. The molecule has 3 heterocycles. The van der Waals surface area contributed by atoms with E-state index in [1.54, 1.807) is 54.6 Å². The van der Waals surface area contributed by atoms with E-state index in [0.717, 1.165) is 15.8 Å². The molecular weight excluding hydrogens is 698 g/mol. The van der Waals surface area contributed by atoms with Crippen LogP contribution >= 0.6 is 55.0 Å². The molecule has 3 unspecified atom stereocenters. The topological polar surface area (TPSA) is 129 Å². The first-order chi connectivity index (χ1) is 19.7. The standard InChI is InChI=1S/C28H19Br2N3O6S2/c29-13-1-6-16(7-2-13)33-26(36)22-21(23-25(32-28(38)41-23)40-24(22)27(33)37)18-11-14(30)3-10-19(18)39-12-20(35)31-15-4-8-17(34)9-5-15/h1-11,21-22,24,34H,12H2,(H,31,35)(H,32,38). The number of halogens is 2. The zero-order valence-electron chi connectivity index (χ0n) is 20.8. The number of carbonyl (C=O) groups is 3. The van der Waals surface area contributed by atoms with E-state index in [9.17, 15) is 24.3 Å². The molecule has 3 atom stereocenters. The van der Waals surface area contributed by atoms with Crippen molar-refractivity contribution in [2.45, 2.75) is 16.2 Å². The number of hydrogen-bond acceptors (Lipinski definition) is 8. The van der Waals surface area contributed by atoms with Crippen LogP contribution in [0.15, 0.2) is 85.5 Å². The van der Waals surface area contributed by atoms with Crippen molar-refractivity contribution in [3.8, 4) is 11.5 Å². The summed E-state index contributed by atoms with van der Waals surface area (Å²) in [5, 5.41) is 12.0. The Bertz CT molecular complexity index is 1740. The Hall–Kier alpha value is -3.39. The zero-order valence-corrected chi connectivity index (χ0v) is 25.6. The number of rotatable bonds is 6. The first-order valence-electron chi connectivity index (χ1n) is 12.2. The molecule has 1 aromatic heterocycles. The van der Waals surface area contributed by atoms with Gasteiger partial charge in [0, 0.05) is 31.0 Å². The van der Waals surface area contributed by atoms with Crippen molar-refractivity contribution in [2.24, 2.45) is 5.92 Å². The third kappa shape index (κ3) is 5.34. The third-order valence-corrected chi connectivity index (χ3v) is 10.1. The normalized spacial score (nSPS) is 19.6. The van der Waals surface area contributed by atoms with Gasteiger partial charge in [-0.05, 0) is 66.7 Å². The van der Waals surface area contributed by atoms with Crippen LogP contribution in [-0.2, 0) is 14.4 Å². The van der Waals surface area contributed by atoms with Crippen molar-refractivity contribution >= 4 is 84.1 Å². The van der Waals surface area contributed by atoms with E-state index in [1.165, 1.54) is 28.8 Å². The fraction of sp³-hybridized carbons (Fsp3) is 0.143. The number of ether oxygens (including phenoxy) is 1. The number of fused-ring (bicyclic) bond motifs is 2. The lowest BCUT2D eigenvalue weighted by Crippen LogP contribution is -2.32. The molecule has 208 valence electrons. The minimum atomic E-state index is -0.808. The smallest absolute Gasteiger partial charge is 0.305 e. The van der Waals surface area contributed by atoms with Crippen LogP contribution in [0.2, 0.25) is 0 Å². The predicted octanol–water partition coefficient (Wildman–Crippen LogP) is 5.48. The second-order valence-electron chi connectivity index (χ2n) is 9.30. The Morgan fingerprint density at radius 2 is 1.68 bits per heavy atom. The van der Waals surface area contributed by atoms with Gasteiger partial charge in [0.25, 0.3) is 5.91 Å². The maximum Gasteiger partial charge on any atom is 0.305 e. The maximum absolute atomic E-state index is 14.0. The number of benzene rings is 3. The number of amides is 3. The number of anilines is 2. The van der Waals surface area contributed by atoms with Crippen LogP contribution in [0, 0.1) is 5.92 Å². The average molecular weight is 717 g/mol. The monoisotopic (exact) mass is 715 g/mol. The molecule has 1 saturated heterocycles. The van der Waals surface area contributed by atoms with Crippen LogP contribution in [0.4, 0.5) is 11.4 Å². The lowest BCUT2D eigenvalue weighted by atomic mass is 9.82. The zero-order chi connectivity index (χ0) is 28.8. The summed E-state index contributed by atoms with van der Waals surface area (Å²) in [5.41, 5.74) is 1.53. The Morgan fingerprint density at radius 1 is 0.976 bits per heavy atom. The van der Waals surface area contributed by atoms with E-state index in [0.29, 0.717) is 37.1 Å². The number of hydrogen-bond donors (Lipinski definition) is 3. The van der Waals surface area contributed by atoms with E-state index in [-0.39, 0.29) is 29.0 Å². The van der Waals surface area contributed by atoms with Gasteiger partial charge in [-0.3, -0.25) is 19.2 Å². The highest BCUT2D eigenvalue weighted by Gasteiger charge is 2.56. The van der Waals surface area contributed by atoms with Gasteiger partial charge in [-0.25, -0.2) is 4.90 Å². The van der Waals surface area contributed by atoms with Gasteiger partial charge in [0.15, 0.2) is 6.61 Å². The molecule has 0 radical (unpaired) electrons. The fourth-order valence-corrected chi connectivity index (χ4v) is 8.12. The lowest BCUT2D eigenvalue weighted by Gasteiger charge is -2.31. The number of phenolic OH excluding ortho intramolecular Hbond substituents is 1. The van der Waals surface area contributed by atoms with Crippen LogP contribution in [-0.4, -0.2) is 39.7 Å². The van der Waals surface area contributed by atoms with Crippen LogP contribution in [0.1, 0.15) is 16.4 Å². The molecule has 3 N–H and O–H groups in total. The summed E-state index contributed by atoms with van der Waals surface area (Å²) >= 11 is 9.07. The molecule has 41 heavy (non-hydrogen) atoms. The second-order valence-corrected chi connectivity index (χ2v) is 13.3. The number of aromatic nitrogens is 1. The van der Waals surface area contributed by atoms with Gasteiger partial charge >= 0.3 is 4.87 Å². The Kier molecular flexibility index (Phi) is 7.53. The van der Waals surface area contributed by atoms with Crippen LogP contribution in [0.25, 0.3) is 0 Å². The molecule has 0 bridgehead atoms. The molecule has 3 amide bonds. The maximum atomic E-state index is 14.0. The number of thiazole rings is 1. The molecule has 9 nitrogen and oxygen atoms in total. The summed E-state index contributed by atoms with van der Waals surface area (Å²) in [4.78, 5) is 57.1. The molecular formula is C28H19Br2N3O6S2. The molecule has 13 heteroatoms. The first-order valence-corrected chi connectivity index (χ1v) is 15.5. The average Bonchev–Trinajstić information content (AvgIpc) is 3.44. The van der Waals surface area contributed by atoms with Crippen LogP contribution in [0.5, 0.6) is 11.5 Å². The van der Waals surface area contributed by atoms with Crippen LogP contribution < -0.4 is 19.8 Å². The van der Waals surface area contributed by atoms with Crippen molar-refractivity contribution in [1.29, 1.82) is 0 Å². The number of H-pyrrole nitrogens is 1. The predicted molar refractivity (Wildman–Crippen MR) is 163 cm³/mol. The molecule has 6 rings (SSSR count). The lowest BCUT2D eigenvalue weighted by molar-refractivity contribution is -0.122. The molecule has 0 saturated carbocycles. The van der Waals surface area contributed by atoms with Crippen molar-refractivity contribution in [1.82, 2.24) is 4.98 Å². The van der Waals surface area contributed by atoms with Gasteiger partial charge in [0.2, 0.25) is 11.8 Å². The van der Waals surface area contributed by atoms with E-state index in [4.69, 9.17) is 4.74 Å². The third-order valence-electron chi connectivity index (χ3n) is 6.73. The molecule has 0 spiro atoms. The summed E-state index contributed by atoms with van der Waals surface area (Å²) < 4.78 is 7.49. The van der Waals surface area contributed by atoms with E-state index >= 15 is 0 Å². The molecule has 1 fully saturated rings. The number of nitrogens with one attached hydrogen (secondary N) is 2. The minimum Gasteiger partial charge on any atom is -0.508 e. The highest BCUT2D eigenvalue weighted by atomic mass is 79.9. The number of aromatic amines is 1. The van der Waals surface area contributed by atoms with Gasteiger partial charge in [-0.15, -0.1) is 0 Å². The quantitative estimate of drug-likeness (QED) is 0.178. The van der Waals surface area contributed by atoms with Gasteiger partial charge in [-0.1, -0.05) is 55.0 Å². The largest absolute Gasteiger partial charge is 0.508 e. The Labute approximate surface area is 258 Å². The highest BCUT2D eigenvalue weighted by Crippen LogP contribution is 2.54. The van der Waals surface area contributed by atoms with Crippen molar-refractivity contribution in [2.75, 3.05) is 16.8 Å². The van der Waals surface area contributed by atoms with E-state index in [1.807, 2.05) is 0 Å². The summed E-state index contributed by atoms with van der Waals surface area (Å²) in [6.45, 7) is -0.334. The van der Waals surface area contributed by atoms with Crippen molar-refractivity contribution < 1.29 is 24.2 Å². The number of aromatic hydroxyl groups is 1. The van der Waals surface area contributed by atoms with Gasteiger partial charge in [0.05, 0.1) is 16.6 Å². The number of phenols is 1. The number of nitrogens with zero attached hydrogens (tertiary/aromatic N) is 1. The molecule has 3 aromatic carbocycles. The fourth-order valence-electron chi connectivity index (χ4n) is 4.98.